The molecule has 1 aromatic carbocycles. The molecule has 98 valence electrons. The molecule has 0 bridgehead atoms. The number of aromatic nitrogens is 1. The molecule has 0 aliphatic carbocycles. The van der Waals surface area contributed by atoms with Crippen LogP contribution in [0.4, 0.5) is 4.39 Å². The zero-order valence-corrected chi connectivity index (χ0v) is 12.8. The Morgan fingerprint density at radius 2 is 2.11 bits per heavy atom. The lowest BCUT2D eigenvalue weighted by Gasteiger charge is -2.08. The van der Waals surface area contributed by atoms with Crippen molar-refractivity contribution in [3.8, 4) is 0 Å². The Bertz CT molecular complexity index is 619. The zero-order chi connectivity index (χ0) is 13.8. The third-order valence-electron chi connectivity index (χ3n) is 2.45. The van der Waals surface area contributed by atoms with Gasteiger partial charge in [-0.05, 0) is 51.8 Å². The number of nitrogens with zero attached hydrogens (tertiary/aromatic N) is 1. The Kier molecular flexibility index (Phi) is 4.66. The van der Waals surface area contributed by atoms with Gasteiger partial charge < -0.3 is 5.32 Å². The summed E-state index contributed by atoms with van der Waals surface area (Å²) in [5.41, 5.74) is 1.11. The summed E-state index contributed by atoms with van der Waals surface area (Å²) in [5, 5.41) is 2.72. The number of hydrogen-bond donors (Lipinski definition) is 1. The first-order valence-electron chi connectivity index (χ1n) is 5.40. The molecule has 0 saturated carbocycles. The van der Waals surface area contributed by atoms with E-state index in [0.29, 0.717) is 15.7 Å². The second-order valence-corrected chi connectivity index (χ2v) is 5.37. The van der Waals surface area contributed by atoms with Crippen molar-refractivity contribution in [1.29, 1.82) is 0 Å². The van der Waals surface area contributed by atoms with Gasteiger partial charge in [-0.3, -0.25) is 4.79 Å². The largest absolute Gasteiger partial charge is 0.348 e. The van der Waals surface area contributed by atoms with Gasteiger partial charge in [0, 0.05) is 17.2 Å². The minimum Gasteiger partial charge on any atom is -0.348 e. The predicted molar refractivity (Wildman–Crippen MR) is 77.2 cm³/mol. The predicted octanol–water partition coefficient (Wildman–Crippen LogP) is 3.68. The summed E-state index contributed by atoms with van der Waals surface area (Å²) < 4.78 is 14.3. The van der Waals surface area contributed by atoms with Gasteiger partial charge in [-0.25, -0.2) is 9.37 Å². The van der Waals surface area contributed by atoms with E-state index >= 15 is 0 Å². The Hall–Kier alpha value is -1.27. The molecule has 1 aromatic heterocycles. The fourth-order valence-corrected chi connectivity index (χ4v) is 2.32. The number of benzene rings is 1. The van der Waals surface area contributed by atoms with E-state index < -0.39 is 0 Å². The highest BCUT2D eigenvalue weighted by molar-refractivity contribution is 9.10. The van der Waals surface area contributed by atoms with Crippen LogP contribution >= 0.6 is 31.9 Å². The van der Waals surface area contributed by atoms with E-state index in [9.17, 15) is 9.18 Å². The van der Waals surface area contributed by atoms with Crippen LogP contribution in [-0.4, -0.2) is 10.9 Å². The van der Waals surface area contributed by atoms with Gasteiger partial charge in [0.25, 0.3) is 5.91 Å². The molecular weight excluding hydrogens is 379 g/mol. The number of pyridine rings is 1. The molecule has 0 spiro atoms. The second kappa shape index (κ2) is 6.25. The minimum absolute atomic E-state index is 0.235. The van der Waals surface area contributed by atoms with E-state index in [0.717, 1.165) is 4.47 Å². The van der Waals surface area contributed by atoms with Gasteiger partial charge in [0.15, 0.2) is 0 Å². The maximum absolute atomic E-state index is 13.1. The molecule has 1 heterocycles. The fraction of sp³-hybridized carbons (Fsp3) is 0.0769. The summed E-state index contributed by atoms with van der Waals surface area (Å²) in [5.74, 6) is -0.605. The first-order valence-corrected chi connectivity index (χ1v) is 6.99. The summed E-state index contributed by atoms with van der Waals surface area (Å²) in [7, 11) is 0. The van der Waals surface area contributed by atoms with Crippen molar-refractivity contribution in [3.63, 3.8) is 0 Å². The summed E-state index contributed by atoms with van der Waals surface area (Å²) >= 11 is 6.52. The molecule has 2 aromatic rings. The molecular formula is C13H9Br2FN2O. The molecule has 3 nitrogen and oxygen atoms in total. The molecule has 0 saturated heterocycles. The lowest BCUT2D eigenvalue weighted by atomic mass is 10.2. The number of nitrogens with one attached hydrogen (secondary N) is 1. The first kappa shape index (κ1) is 14.1. The van der Waals surface area contributed by atoms with E-state index in [1.165, 1.54) is 12.1 Å². The summed E-state index contributed by atoms with van der Waals surface area (Å²) in [4.78, 5) is 15.9. The van der Waals surface area contributed by atoms with Crippen LogP contribution in [0.15, 0.2) is 45.6 Å². The maximum atomic E-state index is 13.1. The highest BCUT2D eigenvalue weighted by atomic mass is 79.9. The summed E-state index contributed by atoms with van der Waals surface area (Å²) in [6.07, 6.45) is 1.59. The zero-order valence-electron chi connectivity index (χ0n) is 9.66. The van der Waals surface area contributed by atoms with Gasteiger partial charge in [0.2, 0.25) is 0 Å². The molecule has 19 heavy (non-hydrogen) atoms. The van der Waals surface area contributed by atoms with E-state index in [2.05, 4.69) is 42.2 Å². The lowest BCUT2D eigenvalue weighted by Crippen LogP contribution is -2.23. The molecule has 1 N–H and O–H groups in total. The molecule has 6 heteroatoms. The first-order chi connectivity index (χ1) is 9.08. The number of carbonyl (C=O) groups is 1. The summed E-state index contributed by atoms with van der Waals surface area (Å²) in [6, 6.07) is 7.68. The highest BCUT2D eigenvalue weighted by Crippen LogP contribution is 2.18. The van der Waals surface area contributed by atoms with E-state index in [1.54, 1.807) is 24.4 Å². The molecule has 2 rings (SSSR count). The molecule has 0 radical (unpaired) electrons. The van der Waals surface area contributed by atoms with Gasteiger partial charge in [-0.15, -0.1) is 0 Å². The van der Waals surface area contributed by atoms with Crippen LogP contribution in [0.25, 0.3) is 0 Å². The van der Waals surface area contributed by atoms with Crippen molar-refractivity contribution in [2.75, 3.05) is 0 Å². The Balaban J connectivity index is 2.09. The molecule has 0 aliphatic rings. The standard InChI is InChI=1S/C13H9Br2FN2O/c14-11-4-3-9(16)6-8(11)7-18-13(19)10-2-1-5-17-12(10)15/h1-6H,7H2,(H,18,19). The van der Waals surface area contributed by atoms with Crippen molar-refractivity contribution >= 4 is 37.8 Å². The smallest absolute Gasteiger partial charge is 0.254 e. The van der Waals surface area contributed by atoms with Crippen LogP contribution < -0.4 is 5.32 Å². The van der Waals surface area contributed by atoms with Gasteiger partial charge in [-0.2, -0.15) is 0 Å². The van der Waals surface area contributed by atoms with Crippen molar-refractivity contribution in [1.82, 2.24) is 10.3 Å². The molecule has 1 amide bonds. The minimum atomic E-state index is -0.338. The van der Waals surface area contributed by atoms with Crippen molar-refractivity contribution in [2.45, 2.75) is 6.54 Å². The van der Waals surface area contributed by atoms with Crippen molar-refractivity contribution in [2.24, 2.45) is 0 Å². The van der Waals surface area contributed by atoms with Crippen molar-refractivity contribution < 1.29 is 9.18 Å². The van der Waals surface area contributed by atoms with E-state index in [1.807, 2.05) is 0 Å². The SMILES string of the molecule is O=C(NCc1cc(F)ccc1Br)c1cccnc1Br. The lowest BCUT2D eigenvalue weighted by molar-refractivity contribution is 0.0949. The number of rotatable bonds is 3. The quantitative estimate of drug-likeness (QED) is 0.816. The summed E-state index contributed by atoms with van der Waals surface area (Å²) in [6.45, 7) is 0.235. The van der Waals surface area contributed by atoms with Crippen LogP contribution in [0.3, 0.4) is 0 Å². The van der Waals surface area contributed by atoms with Crippen LogP contribution in [0.2, 0.25) is 0 Å². The maximum Gasteiger partial charge on any atom is 0.254 e. The van der Waals surface area contributed by atoms with Crippen LogP contribution in [0.5, 0.6) is 0 Å². The average Bonchev–Trinajstić information content (AvgIpc) is 2.40. The number of carbonyl (C=O) groups excluding carboxylic acids is 1. The van der Waals surface area contributed by atoms with Crippen molar-refractivity contribution in [3.05, 3.63) is 62.5 Å². The molecule has 0 atom stereocenters. The molecule has 0 aliphatic heterocycles. The molecule has 0 unspecified atom stereocenters. The van der Waals surface area contributed by atoms with E-state index in [-0.39, 0.29) is 18.3 Å². The van der Waals surface area contributed by atoms with E-state index in [4.69, 9.17) is 0 Å². The number of amides is 1. The third-order valence-corrected chi connectivity index (χ3v) is 3.86. The van der Waals surface area contributed by atoms with Gasteiger partial charge in [0.05, 0.1) is 5.56 Å². The fourth-order valence-electron chi connectivity index (χ4n) is 1.50. The normalized spacial score (nSPS) is 10.3. The molecule has 0 fully saturated rings. The number of hydrogen-bond acceptors (Lipinski definition) is 2. The second-order valence-electron chi connectivity index (χ2n) is 3.76. The Morgan fingerprint density at radius 3 is 2.84 bits per heavy atom. The van der Waals surface area contributed by atoms with Crippen LogP contribution in [-0.2, 0) is 6.54 Å². The average molecular weight is 388 g/mol. The monoisotopic (exact) mass is 386 g/mol. The highest BCUT2D eigenvalue weighted by Gasteiger charge is 2.10. The Morgan fingerprint density at radius 1 is 1.32 bits per heavy atom. The van der Waals surface area contributed by atoms with Gasteiger partial charge in [0.1, 0.15) is 10.4 Å². The number of halogens is 3. The Labute approximate surface area is 126 Å². The van der Waals surface area contributed by atoms with Gasteiger partial charge >= 0.3 is 0 Å². The van der Waals surface area contributed by atoms with Gasteiger partial charge in [-0.1, -0.05) is 15.9 Å². The third kappa shape index (κ3) is 3.61. The van der Waals surface area contributed by atoms with Crippen LogP contribution in [0.1, 0.15) is 15.9 Å². The van der Waals surface area contributed by atoms with Crippen LogP contribution in [0, 0.1) is 5.82 Å². The topological polar surface area (TPSA) is 42.0 Å².